The van der Waals surface area contributed by atoms with E-state index >= 15 is 0 Å². The highest BCUT2D eigenvalue weighted by atomic mass is 127. The fourth-order valence-electron chi connectivity index (χ4n) is 3.30. The monoisotopic (exact) mass is 618 g/mol. The maximum Gasteiger partial charge on any atom is 0.294 e. The SMILES string of the molecule is COc1ccc(NC(=O)CN2C(=O)S/C(=C/c3ccc(OCc4ccccc4F)c(I)c3)C2=O)cc1. The van der Waals surface area contributed by atoms with Gasteiger partial charge >= 0.3 is 0 Å². The second-order valence-electron chi connectivity index (χ2n) is 7.61. The van der Waals surface area contributed by atoms with E-state index in [1.165, 1.54) is 13.2 Å². The average molecular weight is 618 g/mol. The van der Waals surface area contributed by atoms with E-state index in [9.17, 15) is 18.8 Å². The molecular formula is C26H20FIN2O5S. The molecule has 0 spiro atoms. The number of benzene rings is 3. The Labute approximate surface area is 224 Å². The summed E-state index contributed by atoms with van der Waals surface area (Å²) in [6, 6.07) is 18.4. The molecule has 0 saturated carbocycles. The number of carbonyl (C=O) groups is 3. The molecule has 0 unspecified atom stereocenters. The van der Waals surface area contributed by atoms with Crippen LogP contribution >= 0.6 is 34.4 Å². The zero-order valence-electron chi connectivity index (χ0n) is 19.0. The molecule has 7 nitrogen and oxygen atoms in total. The molecule has 1 saturated heterocycles. The largest absolute Gasteiger partial charge is 0.497 e. The third kappa shape index (κ3) is 6.24. The molecular weight excluding hydrogens is 598 g/mol. The van der Waals surface area contributed by atoms with Crippen molar-refractivity contribution in [3.05, 3.63) is 92.1 Å². The topological polar surface area (TPSA) is 84.9 Å². The highest BCUT2D eigenvalue weighted by Crippen LogP contribution is 2.33. The molecule has 3 amide bonds. The Balaban J connectivity index is 1.39. The van der Waals surface area contributed by atoms with Gasteiger partial charge in [0.1, 0.15) is 30.5 Å². The normalized spacial score (nSPS) is 14.3. The number of ether oxygens (including phenoxy) is 2. The maximum absolute atomic E-state index is 13.8. The number of halogens is 2. The first kappa shape index (κ1) is 25.7. The summed E-state index contributed by atoms with van der Waals surface area (Å²) in [5.41, 5.74) is 1.66. The summed E-state index contributed by atoms with van der Waals surface area (Å²) in [4.78, 5) is 38.7. The van der Waals surface area contributed by atoms with Crippen molar-refractivity contribution < 1.29 is 28.2 Å². The minimum Gasteiger partial charge on any atom is -0.497 e. The molecule has 0 aliphatic carbocycles. The molecule has 1 N–H and O–H groups in total. The molecule has 1 heterocycles. The van der Waals surface area contributed by atoms with Gasteiger partial charge in [0.05, 0.1) is 15.6 Å². The summed E-state index contributed by atoms with van der Waals surface area (Å²) >= 11 is 2.87. The molecule has 0 radical (unpaired) electrons. The van der Waals surface area contributed by atoms with Gasteiger partial charge in [-0.15, -0.1) is 0 Å². The van der Waals surface area contributed by atoms with Crippen LogP contribution in [0.25, 0.3) is 6.08 Å². The molecule has 3 aromatic carbocycles. The van der Waals surface area contributed by atoms with Gasteiger partial charge < -0.3 is 14.8 Å². The number of anilines is 1. The lowest BCUT2D eigenvalue weighted by Crippen LogP contribution is -2.36. The summed E-state index contributed by atoms with van der Waals surface area (Å²) in [6.07, 6.45) is 1.59. The van der Waals surface area contributed by atoms with Crippen LogP contribution < -0.4 is 14.8 Å². The van der Waals surface area contributed by atoms with Crippen molar-refractivity contribution in [1.29, 1.82) is 0 Å². The van der Waals surface area contributed by atoms with Gasteiger partial charge in [-0.2, -0.15) is 0 Å². The Hall–Kier alpha value is -3.38. The number of thioether (sulfide) groups is 1. The van der Waals surface area contributed by atoms with Crippen LogP contribution in [-0.2, 0) is 16.2 Å². The molecule has 0 aromatic heterocycles. The van der Waals surface area contributed by atoms with E-state index in [1.807, 2.05) is 0 Å². The second kappa shape index (κ2) is 11.6. The van der Waals surface area contributed by atoms with E-state index in [1.54, 1.807) is 66.7 Å². The fraction of sp³-hybridized carbons (Fsp3) is 0.115. The molecule has 0 atom stereocenters. The quantitative estimate of drug-likeness (QED) is 0.258. The van der Waals surface area contributed by atoms with E-state index in [4.69, 9.17) is 9.47 Å². The smallest absolute Gasteiger partial charge is 0.294 e. The Morgan fingerprint density at radius 1 is 1.11 bits per heavy atom. The summed E-state index contributed by atoms with van der Waals surface area (Å²) in [6.45, 7) is -0.312. The molecule has 1 aliphatic rings. The maximum atomic E-state index is 13.8. The molecule has 36 heavy (non-hydrogen) atoms. The number of hydrogen-bond acceptors (Lipinski definition) is 6. The first-order valence-corrected chi connectivity index (χ1v) is 12.6. The van der Waals surface area contributed by atoms with Crippen LogP contribution in [0.4, 0.5) is 14.9 Å². The number of amides is 3. The van der Waals surface area contributed by atoms with Crippen LogP contribution in [0.5, 0.6) is 11.5 Å². The zero-order chi connectivity index (χ0) is 25.7. The van der Waals surface area contributed by atoms with E-state index < -0.39 is 23.6 Å². The number of methoxy groups -OCH3 is 1. The first-order valence-electron chi connectivity index (χ1n) is 10.7. The number of nitrogens with zero attached hydrogens (tertiary/aromatic N) is 1. The predicted octanol–water partition coefficient (Wildman–Crippen LogP) is 5.69. The molecule has 4 rings (SSSR count). The van der Waals surface area contributed by atoms with Gasteiger partial charge in [0.25, 0.3) is 11.1 Å². The van der Waals surface area contributed by atoms with Crippen molar-refractivity contribution in [3.63, 3.8) is 0 Å². The first-order chi connectivity index (χ1) is 17.3. The third-order valence-electron chi connectivity index (χ3n) is 5.14. The van der Waals surface area contributed by atoms with Crippen LogP contribution in [0.1, 0.15) is 11.1 Å². The van der Waals surface area contributed by atoms with Crippen LogP contribution in [-0.4, -0.2) is 35.6 Å². The van der Waals surface area contributed by atoms with E-state index in [0.29, 0.717) is 28.3 Å². The third-order valence-corrected chi connectivity index (χ3v) is 6.89. The van der Waals surface area contributed by atoms with E-state index in [2.05, 4.69) is 27.9 Å². The number of imide groups is 1. The predicted molar refractivity (Wildman–Crippen MR) is 144 cm³/mol. The lowest BCUT2D eigenvalue weighted by molar-refractivity contribution is -0.127. The standard InChI is InChI=1S/C26H20FIN2O5S/c1-34-19-9-7-18(8-10-19)29-24(31)14-30-25(32)23(36-26(30)33)13-16-6-11-22(21(28)12-16)35-15-17-4-2-3-5-20(17)27/h2-13H,14-15H2,1H3,(H,29,31)/b23-13+. The molecule has 0 bridgehead atoms. The van der Waals surface area contributed by atoms with Crippen LogP contribution in [0, 0.1) is 9.39 Å². The Bertz CT molecular complexity index is 1350. The van der Waals surface area contributed by atoms with Crippen molar-refractivity contribution in [1.82, 2.24) is 4.90 Å². The Morgan fingerprint density at radius 3 is 2.56 bits per heavy atom. The van der Waals surface area contributed by atoms with Crippen molar-refractivity contribution in [2.45, 2.75) is 6.61 Å². The van der Waals surface area contributed by atoms with Gasteiger partial charge in [-0.05, 0) is 88.5 Å². The Kier molecular flexibility index (Phi) is 8.26. The molecule has 184 valence electrons. The number of nitrogens with one attached hydrogen (secondary N) is 1. The molecule has 10 heteroatoms. The van der Waals surface area contributed by atoms with Crippen LogP contribution in [0.2, 0.25) is 0 Å². The molecule has 1 aliphatic heterocycles. The van der Waals surface area contributed by atoms with Gasteiger partial charge in [-0.1, -0.05) is 24.3 Å². The van der Waals surface area contributed by atoms with Gasteiger partial charge in [0.2, 0.25) is 5.91 Å². The van der Waals surface area contributed by atoms with Gasteiger partial charge in [-0.25, -0.2) is 4.39 Å². The van der Waals surface area contributed by atoms with Crippen LogP contribution in [0.3, 0.4) is 0 Å². The van der Waals surface area contributed by atoms with E-state index in [-0.39, 0.29) is 17.3 Å². The minimum atomic E-state index is -0.537. The Morgan fingerprint density at radius 2 is 1.86 bits per heavy atom. The summed E-state index contributed by atoms with van der Waals surface area (Å²) < 4.78 is 25.4. The molecule has 3 aromatic rings. The summed E-state index contributed by atoms with van der Waals surface area (Å²) in [5.74, 6) is -0.153. The molecule has 1 fully saturated rings. The van der Waals surface area contributed by atoms with Gasteiger partial charge in [0.15, 0.2) is 0 Å². The highest BCUT2D eigenvalue weighted by molar-refractivity contribution is 14.1. The summed E-state index contributed by atoms with van der Waals surface area (Å²) in [5, 5.41) is 2.14. The average Bonchev–Trinajstić information content (AvgIpc) is 3.12. The van der Waals surface area contributed by atoms with Crippen molar-refractivity contribution in [3.8, 4) is 11.5 Å². The van der Waals surface area contributed by atoms with Gasteiger partial charge in [0, 0.05) is 11.3 Å². The lowest BCUT2D eigenvalue weighted by Gasteiger charge is -2.12. The highest BCUT2D eigenvalue weighted by Gasteiger charge is 2.36. The summed E-state index contributed by atoms with van der Waals surface area (Å²) in [7, 11) is 1.54. The number of carbonyl (C=O) groups excluding carboxylic acids is 3. The van der Waals surface area contributed by atoms with Crippen LogP contribution in [0.15, 0.2) is 71.6 Å². The lowest BCUT2D eigenvalue weighted by atomic mass is 10.2. The fourth-order valence-corrected chi connectivity index (χ4v) is 4.83. The van der Waals surface area contributed by atoms with Crippen molar-refractivity contribution >= 4 is 63.2 Å². The van der Waals surface area contributed by atoms with Gasteiger partial charge in [-0.3, -0.25) is 19.3 Å². The van der Waals surface area contributed by atoms with E-state index in [0.717, 1.165) is 20.2 Å². The number of hydrogen-bond donors (Lipinski definition) is 1. The van der Waals surface area contributed by atoms with Crippen molar-refractivity contribution in [2.75, 3.05) is 19.0 Å². The second-order valence-corrected chi connectivity index (χ2v) is 9.77. The van der Waals surface area contributed by atoms with Crippen molar-refractivity contribution in [2.24, 2.45) is 0 Å². The zero-order valence-corrected chi connectivity index (χ0v) is 22.0. The minimum absolute atomic E-state index is 0.0828. The number of rotatable bonds is 8.